The van der Waals surface area contributed by atoms with E-state index in [1.165, 1.54) is 4.90 Å². The first kappa shape index (κ1) is 15.4. The van der Waals surface area contributed by atoms with Gasteiger partial charge < -0.3 is 5.32 Å². The lowest BCUT2D eigenvalue weighted by Gasteiger charge is -2.39. The minimum Gasteiger partial charge on any atom is -0.323 e. The Balaban J connectivity index is 1.70. The number of likely N-dealkylation sites (N-methyl/N-ethyl adjacent to an activating group) is 1. The summed E-state index contributed by atoms with van der Waals surface area (Å²) in [7, 11) is 1.54. The summed E-state index contributed by atoms with van der Waals surface area (Å²) in [5, 5.41) is 6.06. The molecule has 0 saturated carbocycles. The predicted octanol–water partition coefficient (Wildman–Crippen LogP) is 1.60. The van der Waals surface area contributed by atoms with Crippen molar-refractivity contribution in [2.24, 2.45) is 5.92 Å². The van der Waals surface area contributed by atoms with Crippen molar-refractivity contribution in [3.63, 3.8) is 0 Å². The van der Waals surface area contributed by atoms with Gasteiger partial charge in [0.2, 0.25) is 0 Å². The summed E-state index contributed by atoms with van der Waals surface area (Å²) in [6.45, 7) is 6.51. The number of aryl methyl sites for hydroxylation is 1. The summed E-state index contributed by atoms with van der Waals surface area (Å²) in [6, 6.07) is -0.292. The van der Waals surface area contributed by atoms with Gasteiger partial charge >= 0.3 is 6.03 Å². The lowest BCUT2D eigenvalue weighted by atomic mass is 9.80. The lowest BCUT2D eigenvalue weighted by molar-refractivity contribution is -0.132. The van der Waals surface area contributed by atoms with Crippen LogP contribution in [0.4, 0.5) is 4.79 Å². The maximum Gasteiger partial charge on any atom is 0.324 e. The van der Waals surface area contributed by atoms with E-state index in [0.717, 1.165) is 43.2 Å². The van der Waals surface area contributed by atoms with Crippen LogP contribution in [0.5, 0.6) is 0 Å². The average molecular weight is 322 g/mol. The van der Waals surface area contributed by atoms with Gasteiger partial charge in [-0.05, 0) is 33.2 Å². The molecular weight excluding hydrogens is 300 g/mol. The molecule has 3 amide bonds. The molecule has 0 bridgehead atoms. The molecule has 2 aliphatic heterocycles. The third kappa shape index (κ3) is 2.63. The topological polar surface area (TPSA) is 65.5 Å². The van der Waals surface area contributed by atoms with E-state index in [4.69, 9.17) is 0 Å². The van der Waals surface area contributed by atoms with E-state index >= 15 is 0 Å². The molecule has 1 N–H and O–H groups in total. The number of piperidine rings is 1. The van der Waals surface area contributed by atoms with Crippen LogP contribution in [-0.4, -0.2) is 52.4 Å². The highest BCUT2D eigenvalue weighted by atomic mass is 32.1. The van der Waals surface area contributed by atoms with Gasteiger partial charge in [0.25, 0.3) is 5.91 Å². The zero-order chi connectivity index (χ0) is 15.9. The molecule has 22 heavy (non-hydrogen) atoms. The van der Waals surface area contributed by atoms with Crippen LogP contribution in [0.15, 0.2) is 5.38 Å². The number of hydrogen-bond acceptors (Lipinski definition) is 5. The van der Waals surface area contributed by atoms with Crippen molar-refractivity contribution < 1.29 is 9.59 Å². The molecule has 2 unspecified atom stereocenters. The first-order chi connectivity index (χ1) is 10.4. The van der Waals surface area contributed by atoms with Crippen LogP contribution < -0.4 is 5.32 Å². The van der Waals surface area contributed by atoms with Crippen molar-refractivity contribution in [3.8, 4) is 0 Å². The van der Waals surface area contributed by atoms with E-state index in [1.807, 2.05) is 13.8 Å². The Morgan fingerprint density at radius 2 is 2.27 bits per heavy atom. The first-order valence-corrected chi connectivity index (χ1v) is 8.52. The minimum atomic E-state index is -0.775. The maximum absolute atomic E-state index is 12.4. The Morgan fingerprint density at radius 3 is 2.86 bits per heavy atom. The highest BCUT2D eigenvalue weighted by molar-refractivity contribution is 7.09. The number of carbonyl (C=O) groups excluding carboxylic acids is 2. The Labute approximate surface area is 134 Å². The van der Waals surface area contributed by atoms with Crippen LogP contribution in [-0.2, 0) is 11.3 Å². The third-order valence-corrected chi connectivity index (χ3v) is 5.62. The van der Waals surface area contributed by atoms with Crippen LogP contribution in [0, 0.1) is 12.8 Å². The molecular formula is C15H22N4O2S. The molecule has 2 fully saturated rings. The maximum atomic E-state index is 12.4. The van der Waals surface area contributed by atoms with Crippen molar-refractivity contribution in [2.75, 3.05) is 20.1 Å². The van der Waals surface area contributed by atoms with E-state index in [9.17, 15) is 9.59 Å². The molecule has 0 aromatic carbocycles. The zero-order valence-corrected chi connectivity index (χ0v) is 14.1. The van der Waals surface area contributed by atoms with Gasteiger partial charge in [0.05, 0.1) is 10.7 Å². The monoisotopic (exact) mass is 322 g/mol. The fourth-order valence-corrected chi connectivity index (χ4v) is 4.06. The number of hydrogen-bond donors (Lipinski definition) is 1. The Morgan fingerprint density at radius 1 is 1.50 bits per heavy atom. The molecule has 1 aromatic rings. The van der Waals surface area contributed by atoms with Gasteiger partial charge in [-0.3, -0.25) is 14.6 Å². The second-order valence-corrected chi connectivity index (χ2v) is 7.49. The summed E-state index contributed by atoms with van der Waals surface area (Å²) in [5.41, 5.74) is 0.315. The van der Waals surface area contributed by atoms with Gasteiger partial charge in [0.15, 0.2) is 0 Å². The first-order valence-electron chi connectivity index (χ1n) is 7.64. The molecule has 0 spiro atoms. The van der Waals surface area contributed by atoms with Crippen molar-refractivity contribution in [3.05, 3.63) is 16.1 Å². The highest BCUT2D eigenvalue weighted by Gasteiger charge is 2.51. The molecule has 3 rings (SSSR count). The number of imide groups is 1. The molecule has 2 atom stereocenters. The molecule has 2 aliphatic rings. The molecule has 7 heteroatoms. The SMILES string of the molecule is Cc1nc(CN2CCCC(C3(C)NC(=O)N(C)C3=O)C2)cs1. The van der Waals surface area contributed by atoms with Crippen molar-refractivity contribution in [2.45, 2.75) is 38.8 Å². The van der Waals surface area contributed by atoms with E-state index in [2.05, 4.69) is 20.6 Å². The van der Waals surface area contributed by atoms with E-state index in [0.29, 0.717) is 0 Å². The summed E-state index contributed by atoms with van der Waals surface area (Å²) in [4.78, 5) is 32.3. The number of likely N-dealkylation sites (tertiary alicyclic amines) is 1. The van der Waals surface area contributed by atoms with Gasteiger partial charge in [0.1, 0.15) is 5.54 Å². The fourth-order valence-electron chi connectivity index (χ4n) is 3.46. The van der Waals surface area contributed by atoms with Crippen LogP contribution >= 0.6 is 11.3 Å². The third-order valence-electron chi connectivity index (χ3n) is 4.79. The van der Waals surface area contributed by atoms with E-state index < -0.39 is 5.54 Å². The lowest BCUT2D eigenvalue weighted by Crippen LogP contribution is -2.55. The Kier molecular flexibility index (Phi) is 3.94. The Hall–Kier alpha value is -1.47. The highest BCUT2D eigenvalue weighted by Crippen LogP contribution is 2.32. The standard InChI is InChI=1S/C15H22N4O2S/c1-10-16-12(9-22-10)8-19-6-4-5-11(7-19)15(2)13(20)18(3)14(21)17-15/h9,11H,4-8H2,1-3H3,(H,17,21). The van der Waals surface area contributed by atoms with Crippen LogP contribution in [0.3, 0.4) is 0 Å². The number of amides is 3. The largest absolute Gasteiger partial charge is 0.324 e. The number of thiazole rings is 1. The minimum absolute atomic E-state index is 0.117. The van der Waals surface area contributed by atoms with Crippen molar-refractivity contribution in [1.29, 1.82) is 0 Å². The number of carbonyl (C=O) groups is 2. The quantitative estimate of drug-likeness (QED) is 0.859. The smallest absolute Gasteiger partial charge is 0.323 e. The average Bonchev–Trinajstić information content (AvgIpc) is 2.98. The number of urea groups is 1. The summed E-state index contributed by atoms with van der Waals surface area (Å²) < 4.78 is 0. The predicted molar refractivity (Wildman–Crippen MR) is 84.6 cm³/mol. The molecule has 120 valence electrons. The van der Waals surface area contributed by atoms with Crippen LogP contribution in [0.1, 0.15) is 30.5 Å². The fraction of sp³-hybridized carbons (Fsp3) is 0.667. The van der Waals surface area contributed by atoms with Gasteiger partial charge in [-0.25, -0.2) is 9.78 Å². The second-order valence-electron chi connectivity index (χ2n) is 6.43. The summed E-state index contributed by atoms with van der Waals surface area (Å²) >= 11 is 1.66. The van der Waals surface area contributed by atoms with E-state index in [1.54, 1.807) is 18.4 Å². The Bertz CT molecular complexity index is 602. The van der Waals surface area contributed by atoms with E-state index in [-0.39, 0.29) is 17.9 Å². The molecule has 2 saturated heterocycles. The van der Waals surface area contributed by atoms with Gasteiger partial charge in [-0.15, -0.1) is 11.3 Å². The molecule has 1 aromatic heterocycles. The normalized spacial score (nSPS) is 30.0. The van der Waals surface area contributed by atoms with Crippen LogP contribution in [0.25, 0.3) is 0 Å². The molecule has 0 aliphatic carbocycles. The van der Waals surface area contributed by atoms with Gasteiger partial charge in [-0.1, -0.05) is 0 Å². The number of nitrogens with one attached hydrogen (secondary N) is 1. The molecule has 6 nitrogen and oxygen atoms in total. The number of nitrogens with zero attached hydrogens (tertiary/aromatic N) is 3. The zero-order valence-electron chi connectivity index (χ0n) is 13.3. The molecule has 3 heterocycles. The number of aromatic nitrogens is 1. The second kappa shape index (κ2) is 5.62. The van der Waals surface area contributed by atoms with Gasteiger partial charge in [0, 0.05) is 31.4 Å². The molecule has 0 radical (unpaired) electrons. The van der Waals surface area contributed by atoms with Crippen molar-refractivity contribution >= 4 is 23.3 Å². The van der Waals surface area contributed by atoms with Gasteiger partial charge in [-0.2, -0.15) is 0 Å². The summed E-state index contributed by atoms with van der Waals surface area (Å²) in [6.07, 6.45) is 2.00. The van der Waals surface area contributed by atoms with Crippen LogP contribution in [0.2, 0.25) is 0 Å². The number of rotatable bonds is 3. The van der Waals surface area contributed by atoms with Crippen molar-refractivity contribution in [1.82, 2.24) is 20.1 Å². The summed E-state index contributed by atoms with van der Waals surface area (Å²) in [5.74, 6) is 0.0243.